The Kier molecular flexibility index (Phi) is 5.87. The predicted molar refractivity (Wildman–Crippen MR) is 106 cm³/mol. The number of carbonyl (C=O) groups excluding carboxylic acids is 1. The van der Waals surface area contributed by atoms with Gasteiger partial charge in [0, 0.05) is 22.7 Å². The summed E-state index contributed by atoms with van der Waals surface area (Å²) in [4.78, 5) is 16.8. The van der Waals surface area contributed by atoms with E-state index in [1.807, 2.05) is 0 Å². The van der Waals surface area contributed by atoms with Crippen LogP contribution in [0.25, 0.3) is 0 Å². The van der Waals surface area contributed by atoms with Crippen molar-refractivity contribution in [1.82, 2.24) is 9.29 Å². The molecule has 10 heteroatoms. The Labute approximate surface area is 171 Å². The van der Waals surface area contributed by atoms with Gasteiger partial charge in [0.2, 0.25) is 5.09 Å². The quantitative estimate of drug-likeness (QED) is 0.664. The Hall–Kier alpha value is -2.56. The van der Waals surface area contributed by atoms with E-state index >= 15 is 0 Å². The normalized spacial score (nSPS) is 13.0. The molecular formula is C19H20FN3O4S2. The van der Waals surface area contributed by atoms with Crippen LogP contribution in [0.4, 0.5) is 4.39 Å². The van der Waals surface area contributed by atoms with Crippen LogP contribution in [0.1, 0.15) is 36.9 Å². The maximum absolute atomic E-state index is 13.9. The van der Waals surface area contributed by atoms with Gasteiger partial charge in [-0.2, -0.15) is 4.99 Å². The summed E-state index contributed by atoms with van der Waals surface area (Å²) in [7, 11) is -3.90. The first-order valence-electron chi connectivity index (χ1n) is 8.65. The molecule has 0 aliphatic heterocycles. The molecular weight excluding hydrogens is 417 g/mol. The molecule has 0 unspecified atom stereocenters. The zero-order valence-corrected chi connectivity index (χ0v) is 17.7. The standard InChI is InChI=1S/C19H20FN3O4S2/c1-19(2,3)22-29(25,26)16-9-8-15(27-16)17(24)21-18-23(10-11-28-18)12-13-6-4-5-7-14(13)20/h4-11,22H,12H2,1-3H3. The van der Waals surface area contributed by atoms with Crippen molar-refractivity contribution in [2.75, 3.05) is 0 Å². The fourth-order valence-corrected chi connectivity index (χ4v) is 4.57. The Balaban J connectivity index is 1.85. The fraction of sp³-hybridized carbons (Fsp3) is 0.263. The van der Waals surface area contributed by atoms with Crippen LogP contribution >= 0.6 is 11.3 Å². The largest absolute Gasteiger partial charge is 0.438 e. The second-order valence-corrected chi connectivity index (χ2v) is 9.78. The van der Waals surface area contributed by atoms with Gasteiger partial charge in [0.1, 0.15) is 5.82 Å². The van der Waals surface area contributed by atoms with E-state index in [1.54, 1.807) is 55.1 Å². The average molecular weight is 438 g/mol. The molecule has 0 aliphatic rings. The number of furan rings is 1. The van der Waals surface area contributed by atoms with E-state index in [9.17, 15) is 17.6 Å². The topological polar surface area (TPSA) is 93.7 Å². The molecule has 154 valence electrons. The highest BCUT2D eigenvalue weighted by atomic mass is 32.2. The summed E-state index contributed by atoms with van der Waals surface area (Å²) >= 11 is 1.20. The summed E-state index contributed by atoms with van der Waals surface area (Å²) in [5.74, 6) is -1.28. The highest BCUT2D eigenvalue weighted by Crippen LogP contribution is 2.17. The second kappa shape index (κ2) is 8.05. The van der Waals surface area contributed by atoms with Crippen LogP contribution in [-0.2, 0) is 16.6 Å². The first kappa shape index (κ1) is 21.2. The maximum atomic E-state index is 13.9. The number of hydrogen-bond acceptors (Lipinski definition) is 5. The monoisotopic (exact) mass is 437 g/mol. The lowest BCUT2D eigenvalue weighted by molar-refractivity contribution is 0.0966. The molecule has 0 spiro atoms. The van der Waals surface area contributed by atoms with Crippen molar-refractivity contribution in [2.24, 2.45) is 4.99 Å². The number of aromatic nitrogens is 1. The molecule has 0 radical (unpaired) electrons. The SMILES string of the molecule is CC(C)(C)NS(=O)(=O)c1ccc(C(=O)N=c2sccn2Cc2ccccc2F)o1. The highest BCUT2D eigenvalue weighted by molar-refractivity contribution is 7.89. The van der Waals surface area contributed by atoms with Crippen molar-refractivity contribution in [3.8, 4) is 0 Å². The number of nitrogens with one attached hydrogen (secondary N) is 1. The number of amides is 1. The van der Waals surface area contributed by atoms with Crippen molar-refractivity contribution in [3.05, 3.63) is 69.9 Å². The van der Waals surface area contributed by atoms with E-state index < -0.39 is 21.5 Å². The van der Waals surface area contributed by atoms with Gasteiger partial charge >= 0.3 is 5.91 Å². The van der Waals surface area contributed by atoms with E-state index in [0.717, 1.165) is 0 Å². The van der Waals surface area contributed by atoms with Crippen LogP contribution in [0, 0.1) is 5.82 Å². The summed E-state index contributed by atoms with van der Waals surface area (Å²) in [6.07, 6.45) is 1.69. The van der Waals surface area contributed by atoms with Crippen LogP contribution in [0.15, 0.2) is 62.5 Å². The van der Waals surface area contributed by atoms with Gasteiger partial charge in [0.25, 0.3) is 10.0 Å². The third-order valence-corrected chi connectivity index (χ3v) is 6.08. The van der Waals surface area contributed by atoms with E-state index in [4.69, 9.17) is 4.42 Å². The number of rotatable bonds is 5. The van der Waals surface area contributed by atoms with Crippen molar-refractivity contribution in [1.29, 1.82) is 0 Å². The molecule has 0 fully saturated rings. The van der Waals surface area contributed by atoms with Crippen LogP contribution in [0.3, 0.4) is 0 Å². The van der Waals surface area contributed by atoms with Gasteiger partial charge in [-0.15, -0.1) is 11.3 Å². The number of thiazole rings is 1. The third-order valence-electron chi connectivity index (χ3n) is 3.65. The van der Waals surface area contributed by atoms with Crippen molar-refractivity contribution in [3.63, 3.8) is 0 Å². The van der Waals surface area contributed by atoms with Gasteiger partial charge in [-0.05, 0) is 39.0 Å². The molecule has 0 saturated carbocycles. The number of carbonyl (C=O) groups is 1. The number of hydrogen-bond donors (Lipinski definition) is 1. The third kappa shape index (κ3) is 5.28. The number of halogens is 1. The average Bonchev–Trinajstić information content (AvgIpc) is 3.25. The minimum atomic E-state index is -3.90. The van der Waals surface area contributed by atoms with Crippen LogP contribution < -0.4 is 9.52 Å². The Bertz CT molecular complexity index is 1200. The zero-order valence-electron chi connectivity index (χ0n) is 16.0. The molecule has 2 heterocycles. The Morgan fingerprint density at radius 3 is 2.66 bits per heavy atom. The summed E-state index contributed by atoms with van der Waals surface area (Å²) in [6.45, 7) is 5.29. The minimum absolute atomic E-state index is 0.204. The molecule has 0 aliphatic carbocycles. The maximum Gasteiger partial charge on any atom is 0.315 e. The van der Waals surface area contributed by atoms with Gasteiger partial charge in [0.05, 0.1) is 6.54 Å². The molecule has 29 heavy (non-hydrogen) atoms. The first-order valence-corrected chi connectivity index (χ1v) is 11.0. The molecule has 0 saturated heterocycles. The van der Waals surface area contributed by atoms with Gasteiger partial charge in [-0.3, -0.25) is 4.79 Å². The minimum Gasteiger partial charge on any atom is -0.438 e. The predicted octanol–water partition coefficient (Wildman–Crippen LogP) is 3.15. The lowest BCUT2D eigenvalue weighted by Gasteiger charge is -2.18. The van der Waals surface area contributed by atoms with Crippen LogP contribution in [0.2, 0.25) is 0 Å². The van der Waals surface area contributed by atoms with E-state index in [2.05, 4.69) is 9.71 Å². The molecule has 2 aromatic heterocycles. The molecule has 0 atom stereocenters. The van der Waals surface area contributed by atoms with Gasteiger partial charge in [0.15, 0.2) is 10.6 Å². The van der Waals surface area contributed by atoms with Gasteiger partial charge < -0.3 is 8.98 Å². The van der Waals surface area contributed by atoms with Gasteiger partial charge in [-0.25, -0.2) is 17.5 Å². The number of benzene rings is 1. The number of nitrogens with zero attached hydrogens (tertiary/aromatic N) is 2. The van der Waals surface area contributed by atoms with Crippen molar-refractivity contribution < 1.29 is 22.0 Å². The summed E-state index contributed by atoms with van der Waals surface area (Å²) < 4.78 is 47.8. The van der Waals surface area contributed by atoms with Crippen molar-refractivity contribution in [2.45, 2.75) is 37.9 Å². The summed E-state index contributed by atoms with van der Waals surface area (Å²) in [5, 5.41) is 1.36. The number of sulfonamides is 1. The Morgan fingerprint density at radius 2 is 1.97 bits per heavy atom. The molecule has 7 nitrogen and oxygen atoms in total. The molecule has 3 rings (SSSR count). The molecule has 0 bridgehead atoms. The van der Waals surface area contributed by atoms with E-state index in [-0.39, 0.29) is 23.2 Å². The van der Waals surface area contributed by atoms with Crippen molar-refractivity contribution >= 4 is 27.3 Å². The smallest absolute Gasteiger partial charge is 0.315 e. The Morgan fingerprint density at radius 1 is 1.24 bits per heavy atom. The van der Waals surface area contributed by atoms with Crippen LogP contribution in [0.5, 0.6) is 0 Å². The fourth-order valence-electron chi connectivity index (χ4n) is 2.49. The lowest BCUT2D eigenvalue weighted by Crippen LogP contribution is -2.40. The summed E-state index contributed by atoms with van der Waals surface area (Å²) in [6, 6.07) is 8.81. The molecule has 1 amide bonds. The molecule has 1 aromatic carbocycles. The first-order chi connectivity index (χ1) is 13.5. The molecule has 3 aromatic rings. The van der Waals surface area contributed by atoms with Gasteiger partial charge in [-0.1, -0.05) is 18.2 Å². The second-order valence-electron chi connectivity index (χ2n) is 7.30. The van der Waals surface area contributed by atoms with Crippen LogP contribution in [-0.4, -0.2) is 24.4 Å². The summed E-state index contributed by atoms with van der Waals surface area (Å²) in [5.41, 5.74) is -0.241. The van der Waals surface area contributed by atoms with E-state index in [1.165, 1.54) is 29.5 Å². The molecule has 1 N–H and O–H groups in total. The zero-order chi connectivity index (χ0) is 21.2. The highest BCUT2D eigenvalue weighted by Gasteiger charge is 2.26. The van der Waals surface area contributed by atoms with E-state index in [0.29, 0.717) is 10.4 Å². The lowest BCUT2D eigenvalue weighted by atomic mass is 10.1.